The van der Waals surface area contributed by atoms with E-state index in [0.29, 0.717) is 5.75 Å². The number of hydrogen-bond donors (Lipinski definition) is 0. The third-order valence-corrected chi connectivity index (χ3v) is 3.33. The van der Waals surface area contributed by atoms with E-state index in [1.54, 1.807) is 25.3 Å². The molecule has 0 aliphatic heterocycles. The first kappa shape index (κ1) is 13.8. The van der Waals surface area contributed by atoms with Crippen LogP contribution in [0.4, 0.5) is 8.78 Å². The molecule has 0 N–H and O–H groups in total. The predicted molar refractivity (Wildman–Crippen MR) is 71.4 cm³/mol. The van der Waals surface area contributed by atoms with Gasteiger partial charge in [0.15, 0.2) is 11.6 Å². The maximum absolute atomic E-state index is 13.4. The van der Waals surface area contributed by atoms with Crippen molar-refractivity contribution in [2.45, 2.75) is 6.61 Å². The molecule has 0 spiro atoms. The van der Waals surface area contributed by atoms with E-state index in [0.717, 1.165) is 16.1 Å². The van der Waals surface area contributed by atoms with Gasteiger partial charge in [-0.2, -0.15) is 4.39 Å². The highest BCUT2D eigenvalue weighted by molar-refractivity contribution is 9.10. The van der Waals surface area contributed by atoms with E-state index >= 15 is 0 Å². The lowest BCUT2D eigenvalue weighted by molar-refractivity contribution is 0.283. The molecule has 2 aromatic rings. The molecule has 0 saturated heterocycles. The lowest BCUT2D eigenvalue weighted by Crippen LogP contribution is -2.00. The quantitative estimate of drug-likeness (QED) is 0.832. The number of ether oxygens (including phenoxy) is 2. The standard InChI is InChI=1S/C14H11BrF2O2/c1-18-10-5-6-11(15)9(7-10)8-19-13-4-2-3-12(16)14(13)17/h2-7H,8H2,1H3. The first-order valence-electron chi connectivity index (χ1n) is 5.51. The van der Waals surface area contributed by atoms with Crippen molar-refractivity contribution in [3.63, 3.8) is 0 Å². The average Bonchev–Trinajstić information content (AvgIpc) is 2.42. The fraction of sp³-hybridized carbons (Fsp3) is 0.143. The zero-order valence-electron chi connectivity index (χ0n) is 10.1. The van der Waals surface area contributed by atoms with E-state index in [2.05, 4.69) is 15.9 Å². The second-order valence-electron chi connectivity index (χ2n) is 3.80. The zero-order valence-corrected chi connectivity index (χ0v) is 11.7. The van der Waals surface area contributed by atoms with Gasteiger partial charge in [0.2, 0.25) is 5.82 Å². The number of methoxy groups -OCH3 is 1. The first-order valence-corrected chi connectivity index (χ1v) is 6.30. The van der Waals surface area contributed by atoms with Gasteiger partial charge in [-0.1, -0.05) is 22.0 Å². The molecule has 2 aromatic carbocycles. The third kappa shape index (κ3) is 3.23. The van der Waals surface area contributed by atoms with E-state index in [9.17, 15) is 8.78 Å². The van der Waals surface area contributed by atoms with Gasteiger partial charge in [0.1, 0.15) is 12.4 Å². The third-order valence-electron chi connectivity index (χ3n) is 2.55. The van der Waals surface area contributed by atoms with E-state index < -0.39 is 11.6 Å². The van der Waals surface area contributed by atoms with Gasteiger partial charge in [0, 0.05) is 10.0 Å². The molecule has 5 heteroatoms. The van der Waals surface area contributed by atoms with Gasteiger partial charge in [-0.15, -0.1) is 0 Å². The van der Waals surface area contributed by atoms with Crippen molar-refractivity contribution in [3.8, 4) is 11.5 Å². The van der Waals surface area contributed by atoms with Crippen LogP contribution in [-0.2, 0) is 6.61 Å². The largest absolute Gasteiger partial charge is 0.497 e. The van der Waals surface area contributed by atoms with E-state index in [1.165, 1.54) is 12.1 Å². The molecule has 0 bridgehead atoms. The van der Waals surface area contributed by atoms with Crippen molar-refractivity contribution in [3.05, 3.63) is 58.1 Å². The van der Waals surface area contributed by atoms with Crippen LogP contribution in [0.25, 0.3) is 0 Å². The van der Waals surface area contributed by atoms with Gasteiger partial charge >= 0.3 is 0 Å². The lowest BCUT2D eigenvalue weighted by atomic mass is 10.2. The summed E-state index contributed by atoms with van der Waals surface area (Å²) in [5, 5.41) is 0. The van der Waals surface area contributed by atoms with Crippen LogP contribution < -0.4 is 9.47 Å². The zero-order chi connectivity index (χ0) is 13.8. The Hall–Kier alpha value is -1.62. The van der Waals surface area contributed by atoms with Crippen LogP contribution in [-0.4, -0.2) is 7.11 Å². The highest BCUT2D eigenvalue weighted by Gasteiger charge is 2.10. The fourth-order valence-electron chi connectivity index (χ4n) is 1.54. The molecule has 19 heavy (non-hydrogen) atoms. The predicted octanol–water partition coefficient (Wildman–Crippen LogP) is 4.31. The lowest BCUT2D eigenvalue weighted by Gasteiger charge is -2.10. The highest BCUT2D eigenvalue weighted by atomic mass is 79.9. The van der Waals surface area contributed by atoms with E-state index in [-0.39, 0.29) is 12.4 Å². The Kier molecular flexibility index (Phi) is 4.37. The number of benzene rings is 2. The molecule has 0 unspecified atom stereocenters. The van der Waals surface area contributed by atoms with Gasteiger partial charge < -0.3 is 9.47 Å². The molecule has 2 nitrogen and oxygen atoms in total. The molecule has 0 radical (unpaired) electrons. The van der Waals surface area contributed by atoms with Crippen LogP contribution in [0.5, 0.6) is 11.5 Å². The van der Waals surface area contributed by atoms with Crippen LogP contribution in [0.1, 0.15) is 5.56 Å². The van der Waals surface area contributed by atoms with Gasteiger partial charge in [0.25, 0.3) is 0 Å². The summed E-state index contributed by atoms with van der Waals surface area (Å²) >= 11 is 3.36. The Morgan fingerprint density at radius 3 is 2.68 bits per heavy atom. The number of rotatable bonds is 4. The molecule has 0 atom stereocenters. The molecule has 0 aliphatic rings. The Morgan fingerprint density at radius 2 is 1.95 bits per heavy atom. The smallest absolute Gasteiger partial charge is 0.200 e. The molecular weight excluding hydrogens is 318 g/mol. The summed E-state index contributed by atoms with van der Waals surface area (Å²) in [5.74, 6) is -1.36. The summed E-state index contributed by atoms with van der Waals surface area (Å²) in [6.45, 7) is 0.109. The second kappa shape index (κ2) is 6.02. The topological polar surface area (TPSA) is 18.5 Å². The summed E-state index contributed by atoms with van der Waals surface area (Å²) in [4.78, 5) is 0. The molecular formula is C14H11BrF2O2. The second-order valence-corrected chi connectivity index (χ2v) is 4.65. The number of halogens is 3. The number of hydrogen-bond acceptors (Lipinski definition) is 2. The van der Waals surface area contributed by atoms with Crippen molar-refractivity contribution >= 4 is 15.9 Å². The summed E-state index contributed by atoms with van der Waals surface area (Å²) in [6.07, 6.45) is 0. The summed E-state index contributed by atoms with van der Waals surface area (Å²) < 4.78 is 37.6. The van der Waals surface area contributed by atoms with Crippen LogP contribution in [0.2, 0.25) is 0 Å². The van der Waals surface area contributed by atoms with Crippen LogP contribution in [0.3, 0.4) is 0 Å². The Morgan fingerprint density at radius 1 is 1.16 bits per heavy atom. The van der Waals surface area contributed by atoms with Crippen molar-refractivity contribution in [2.75, 3.05) is 7.11 Å². The molecule has 0 heterocycles. The summed E-state index contributed by atoms with van der Waals surface area (Å²) in [7, 11) is 1.56. The van der Waals surface area contributed by atoms with Crippen molar-refractivity contribution < 1.29 is 18.3 Å². The molecule has 0 aliphatic carbocycles. The average molecular weight is 329 g/mol. The summed E-state index contributed by atoms with van der Waals surface area (Å²) in [5.41, 5.74) is 0.781. The Bertz CT molecular complexity index is 588. The highest BCUT2D eigenvalue weighted by Crippen LogP contribution is 2.25. The molecule has 100 valence electrons. The molecule has 0 aromatic heterocycles. The van der Waals surface area contributed by atoms with E-state index in [4.69, 9.17) is 9.47 Å². The van der Waals surface area contributed by atoms with Gasteiger partial charge in [-0.05, 0) is 30.3 Å². The van der Waals surface area contributed by atoms with Gasteiger partial charge in [-0.3, -0.25) is 0 Å². The van der Waals surface area contributed by atoms with Crippen LogP contribution in [0, 0.1) is 11.6 Å². The van der Waals surface area contributed by atoms with Crippen molar-refractivity contribution in [1.29, 1.82) is 0 Å². The van der Waals surface area contributed by atoms with E-state index in [1.807, 2.05) is 0 Å². The Labute approximate surface area is 118 Å². The van der Waals surface area contributed by atoms with Gasteiger partial charge in [-0.25, -0.2) is 4.39 Å². The molecule has 0 amide bonds. The maximum Gasteiger partial charge on any atom is 0.200 e. The molecule has 0 saturated carbocycles. The fourth-order valence-corrected chi connectivity index (χ4v) is 1.90. The van der Waals surface area contributed by atoms with Crippen LogP contribution >= 0.6 is 15.9 Å². The SMILES string of the molecule is COc1ccc(Br)c(COc2cccc(F)c2F)c1. The van der Waals surface area contributed by atoms with Crippen molar-refractivity contribution in [2.24, 2.45) is 0 Å². The normalized spacial score (nSPS) is 10.3. The van der Waals surface area contributed by atoms with Crippen molar-refractivity contribution in [1.82, 2.24) is 0 Å². The van der Waals surface area contributed by atoms with Gasteiger partial charge in [0.05, 0.1) is 7.11 Å². The maximum atomic E-state index is 13.4. The minimum absolute atomic E-state index is 0.109. The minimum Gasteiger partial charge on any atom is -0.497 e. The first-order chi connectivity index (χ1) is 9.11. The monoisotopic (exact) mass is 328 g/mol. The minimum atomic E-state index is -0.985. The molecule has 2 rings (SSSR count). The molecule has 0 fully saturated rings. The Balaban J connectivity index is 2.16. The summed E-state index contributed by atoms with van der Waals surface area (Å²) in [6, 6.07) is 9.18. The van der Waals surface area contributed by atoms with Crippen LogP contribution in [0.15, 0.2) is 40.9 Å².